The van der Waals surface area contributed by atoms with Gasteiger partial charge in [0.15, 0.2) is 12.4 Å². The minimum absolute atomic E-state index is 0.0497. The maximum atomic E-state index is 11.6. The van der Waals surface area contributed by atoms with Crippen LogP contribution in [0.3, 0.4) is 0 Å². The van der Waals surface area contributed by atoms with Crippen molar-refractivity contribution in [2.45, 2.75) is 70.1 Å². The Hall–Kier alpha value is -1.64. The zero-order chi connectivity index (χ0) is 21.5. The number of nitrogens with zero attached hydrogens (tertiary/aromatic N) is 1. The fourth-order valence-corrected chi connectivity index (χ4v) is 4.23. The molecule has 2 rings (SSSR count). The molecule has 0 saturated carbocycles. The summed E-state index contributed by atoms with van der Waals surface area (Å²) in [5.41, 5.74) is -1.40. The zero-order valence-corrected chi connectivity index (χ0v) is 19.4. The van der Waals surface area contributed by atoms with Crippen LogP contribution in [0.2, 0.25) is 25.7 Å². The lowest BCUT2D eigenvalue weighted by Gasteiger charge is -2.37. The van der Waals surface area contributed by atoms with Crippen LogP contribution in [-0.4, -0.2) is 50.8 Å². The van der Waals surface area contributed by atoms with Gasteiger partial charge >= 0.3 is 5.54 Å². The van der Waals surface area contributed by atoms with E-state index in [-0.39, 0.29) is 24.7 Å². The Morgan fingerprint density at radius 2 is 1.55 bits per heavy atom. The predicted octanol–water partition coefficient (Wildman–Crippen LogP) is 4.75. The summed E-state index contributed by atoms with van der Waals surface area (Å²) in [5.74, 6) is 0.517. The van der Waals surface area contributed by atoms with Crippen molar-refractivity contribution in [3.8, 4) is 11.5 Å². The highest BCUT2D eigenvalue weighted by Gasteiger charge is 2.51. The topological polar surface area (TPSA) is 80.1 Å². The fraction of sp³-hybridized carbons (Fsp3) is 0.714. The number of benzene rings is 1. The van der Waals surface area contributed by atoms with Gasteiger partial charge in [0.25, 0.3) is 0 Å². The monoisotopic (exact) mass is 425 g/mol. The number of hydrogen-bond acceptors (Lipinski definition) is 6. The fourth-order valence-electron chi connectivity index (χ4n) is 2.92. The van der Waals surface area contributed by atoms with Crippen molar-refractivity contribution in [3.63, 3.8) is 0 Å². The van der Waals surface area contributed by atoms with Crippen LogP contribution < -0.4 is 9.47 Å². The summed E-state index contributed by atoms with van der Waals surface area (Å²) in [4.78, 5) is 11.2. The van der Waals surface area contributed by atoms with Crippen LogP contribution in [0.5, 0.6) is 11.5 Å². The Bertz CT molecular complexity index is 646. The van der Waals surface area contributed by atoms with Crippen LogP contribution in [0.1, 0.15) is 33.1 Å². The molecule has 1 saturated heterocycles. The first-order valence-corrected chi connectivity index (χ1v) is 14.0. The van der Waals surface area contributed by atoms with Crippen molar-refractivity contribution in [3.05, 3.63) is 34.4 Å². The first kappa shape index (κ1) is 23.6. The van der Waals surface area contributed by atoms with E-state index in [1.54, 1.807) is 26.0 Å². The second kappa shape index (κ2) is 9.91. The van der Waals surface area contributed by atoms with E-state index in [1.165, 1.54) is 18.9 Å². The van der Waals surface area contributed by atoms with Gasteiger partial charge in [0.1, 0.15) is 24.7 Å². The van der Waals surface area contributed by atoms with Gasteiger partial charge in [-0.2, -0.15) is 0 Å². The molecular formula is C21H35NO6Si. The van der Waals surface area contributed by atoms with E-state index in [0.717, 1.165) is 12.2 Å². The van der Waals surface area contributed by atoms with E-state index in [1.807, 2.05) is 12.1 Å². The molecule has 0 bridgehead atoms. The second-order valence-corrected chi connectivity index (χ2v) is 15.1. The molecule has 29 heavy (non-hydrogen) atoms. The number of nitro groups is 1. The van der Waals surface area contributed by atoms with E-state index >= 15 is 0 Å². The molecule has 0 atom stereocenters. The molecule has 8 heteroatoms. The van der Waals surface area contributed by atoms with Gasteiger partial charge in [-0.1, -0.05) is 38.5 Å². The molecular weight excluding hydrogens is 390 g/mol. The Morgan fingerprint density at radius 3 is 2.07 bits per heavy atom. The first-order valence-electron chi connectivity index (χ1n) is 10.3. The van der Waals surface area contributed by atoms with Crippen LogP contribution in [-0.2, 0) is 9.47 Å². The molecule has 1 heterocycles. The van der Waals surface area contributed by atoms with Crippen molar-refractivity contribution < 1.29 is 23.9 Å². The predicted molar refractivity (Wildman–Crippen MR) is 115 cm³/mol. The maximum absolute atomic E-state index is 11.6. The second-order valence-electron chi connectivity index (χ2n) is 9.44. The number of ether oxygens (including phenoxy) is 4. The molecule has 0 unspecified atom stereocenters. The largest absolute Gasteiger partial charge is 0.494 e. The molecule has 1 aliphatic heterocycles. The van der Waals surface area contributed by atoms with Crippen LogP contribution in [0.4, 0.5) is 0 Å². The summed E-state index contributed by atoms with van der Waals surface area (Å²) in [6, 6.07) is 8.55. The number of rotatable bonds is 11. The van der Waals surface area contributed by atoms with Gasteiger partial charge < -0.3 is 18.9 Å². The lowest BCUT2D eigenvalue weighted by Crippen LogP contribution is -2.59. The van der Waals surface area contributed by atoms with Gasteiger partial charge in [0.2, 0.25) is 0 Å². The van der Waals surface area contributed by atoms with Crippen molar-refractivity contribution in [1.29, 1.82) is 0 Å². The van der Waals surface area contributed by atoms with Crippen molar-refractivity contribution in [2.24, 2.45) is 0 Å². The van der Waals surface area contributed by atoms with Crippen molar-refractivity contribution in [2.75, 3.05) is 26.4 Å². The number of hydrogen-bond donors (Lipinski definition) is 0. The van der Waals surface area contributed by atoms with Crippen LogP contribution >= 0.6 is 0 Å². The zero-order valence-electron chi connectivity index (χ0n) is 18.4. The molecule has 1 aliphatic rings. The highest BCUT2D eigenvalue weighted by Crippen LogP contribution is 2.27. The van der Waals surface area contributed by atoms with Gasteiger partial charge in [0, 0.05) is 13.0 Å². The molecule has 0 radical (unpaired) electrons. The van der Waals surface area contributed by atoms with Crippen LogP contribution in [0, 0.1) is 10.1 Å². The van der Waals surface area contributed by atoms with E-state index < -0.39 is 19.4 Å². The third-order valence-electron chi connectivity index (χ3n) is 4.94. The highest BCUT2D eigenvalue weighted by molar-refractivity contribution is 6.76. The molecule has 0 N–H and O–H groups in total. The van der Waals surface area contributed by atoms with E-state index in [0.29, 0.717) is 12.4 Å². The molecule has 1 aromatic rings. The Kier molecular flexibility index (Phi) is 8.07. The Morgan fingerprint density at radius 1 is 1.00 bits per heavy atom. The molecule has 0 spiro atoms. The minimum atomic E-state index is -1.40. The summed E-state index contributed by atoms with van der Waals surface area (Å²) in [6.45, 7) is 11.2. The SMILES string of the molecule is CC1(C)OCC(COc2ccc(OCCCCC[Si](C)(C)C)cc2)([N+](=O)[O-])CO1. The minimum Gasteiger partial charge on any atom is -0.494 e. The summed E-state index contributed by atoms with van der Waals surface area (Å²) in [6.07, 6.45) is 3.51. The van der Waals surface area contributed by atoms with Crippen molar-refractivity contribution >= 4 is 8.07 Å². The Labute approximate surface area is 174 Å². The number of unbranched alkanes of at least 4 members (excludes halogenated alkanes) is 2. The quantitative estimate of drug-likeness (QED) is 0.220. The van der Waals surface area contributed by atoms with Crippen LogP contribution in [0.25, 0.3) is 0 Å². The average molecular weight is 426 g/mol. The third kappa shape index (κ3) is 7.95. The lowest BCUT2D eigenvalue weighted by atomic mass is 10.0. The lowest BCUT2D eigenvalue weighted by molar-refractivity contribution is -0.597. The molecule has 0 aliphatic carbocycles. The molecule has 164 valence electrons. The van der Waals surface area contributed by atoms with Gasteiger partial charge in [-0.25, -0.2) is 0 Å². The molecule has 1 fully saturated rings. The normalized spacial score (nSPS) is 18.2. The van der Waals surface area contributed by atoms with E-state index in [4.69, 9.17) is 18.9 Å². The van der Waals surface area contributed by atoms with E-state index in [9.17, 15) is 10.1 Å². The van der Waals surface area contributed by atoms with E-state index in [2.05, 4.69) is 19.6 Å². The highest BCUT2D eigenvalue weighted by atomic mass is 28.3. The van der Waals surface area contributed by atoms with Gasteiger partial charge in [0.05, 0.1) is 6.61 Å². The van der Waals surface area contributed by atoms with Gasteiger partial charge in [-0.3, -0.25) is 10.1 Å². The summed E-state index contributed by atoms with van der Waals surface area (Å²) < 4.78 is 22.4. The molecule has 1 aromatic carbocycles. The molecule has 0 amide bonds. The summed E-state index contributed by atoms with van der Waals surface area (Å²) >= 11 is 0. The Balaban J connectivity index is 1.75. The first-order chi connectivity index (χ1) is 13.5. The molecule has 0 aromatic heterocycles. The van der Waals surface area contributed by atoms with Gasteiger partial charge in [-0.15, -0.1) is 0 Å². The van der Waals surface area contributed by atoms with Gasteiger partial charge in [-0.05, 0) is 44.5 Å². The smallest absolute Gasteiger partial charge is 0.301 e. The summed E-state index contributed by atoms with van der Waals surface area (Å²) in [5, 5.41) is 11.6. The van der Waals surface area contributed by atoms with Crippen molar-refractivity contribution in [1.82, 2.24) is 0 Å². The maximum Gasteiger partial charge on any atom is 0.301 e. The third-order valence-corrected chi connectivity index (χ3v) is 6.79. The van der Waals surface area contributed by atoms with Crippen LogP contribution in [0.15, 0.2) is 24.3 Å². The standard InChI is InChI=1S/C21H35NO6Si/c1-20(2)27-16-21(17-28-20,22(23)24)15-26-19-11-9-18(10-12-19)25-13-7-6-8-14-29(3,4)5/h9-12H,6-8,13-17H2,1-5H3. The summed E-state index contributed by atoms with van der Waals surface area (Å²) in [7, 11) is -0.941. The average Bonchev–Trinajstić information content (AvgIpc) is 2.64. The molecule has 7 nitrogen and oxygen atoms in total.